The van der Waals surface area contributed by atoms with Crippen LogP contribution < -0.4 is 4.90 Å². The molecular weight excluding hydrogens is 218 g/mol. The lowest BCUT2D eigenvalue weighted by Crippen LogP contribution is -2.48. The van der Waals surface area contributed by atoms with E-state index in [-0.39, 0.29) is 0 Å². The Kier molecular flexibility index (Phi) is 2.58. The summed E-state index contributed by atoms with van der Waals surface area (Å²) in [4.78, 5) is 12.9. The van der Waals surface area contributed by atoms with Crippen molar-refractivity contribution in [1.29, 1.82) is 0 Å². The lowest BCUT2D eigenvalue weighted by molar-refractivity contribution is -0.142. The van der Waals surface area contributed by atoms with Gasteiger partial charge in [0, 0.05) is 12.4 Å². The van der Waals surface area contributed by atoms with Gasteiger partial charge in [-0.3, -0.25) is 0 Å². The fraction of sp³-hybridized carbons (Fsp3) is 0.308. The van der Waals surface area contributed by atoms with Crippen molar-refractivity contribution in [3.63, 3.8) is 0 Å². The summed E-state index contributed by atoms with van der Waals surface area (Å²) in [5.74, 6) is -0.870. The van der Waals surface area contributed by atoms with Crippen LogP contribution in [-0.2, 0) is 4.79 Å². The number of fused-ring (bicyclic) bond motifs is 1. The number of rotatable bonds is 3. The lowest BCUT2D eigenvalue weighted by Gasteiger charge is -2.32. The maximum atomic E-state index is 11.2. The Morgan fingerprint density at radius 3 is 2.65 bits per heavy atom. The van der Waals surface area contributed by atoms with E-state index in [2.05, 4.69) is 0 Å². The summed E-state index contributed by atoms with van der Waals surface area (Å²) in [6.07, 6.45) is 1.59. The normalized spacial score (nSPS) is 11.7. The molecule has 0 atom stereocenters. The zero-order valence-corrected chi connectivity index (χ0v) is 10.1. The highest BCUT2D eigenvalue weighted by Crippen LogP contribution is 2.32. The van der Waals surface area contributed by atoms with Gasteiger partial charge in [0.25, 0.3) is 0 Å². The van der Waals surface area contributed by atoms with Crippen LogP contribution in [0.5, 0.6) is 0 Å². The van der Waals surface area contributed by atoms with Crippen LogP contribution in [0.2, 0.25) is 0 Å². The van der Waals surface area contributed by atoms with Crippen LogP contribution in [0.4, 0.5) is 5.69 Å². The molecule has 4 heteroatoms. The minimum Gasteiger partial charge on any atom is -0.480 e. The molecular formula is C13H15NO3. The molecule has 0 saturated carbocycles. The van der Waals surface area contributed by atoms with Gasteiger partial charge in [-0.1, -0.05) is 12.1 Å². The maximum absolute atomic E-state index is 11.2. The van der Waals surface area contributed by atoms with Crippen molar-refractivity contribution in [2.75, 3.05) is 11.9 Å². The zero-order chi connectivity index (χ0) is 12.6. The third-order valence-electron chi connectivity index (χ3n) is 3.18. The Balaban J connectivity index is 2.50. The van der Waals surface area contributed by atoms with Crippen molar-refractivity contribution in [2.45, 2.75) is 19.4 Å². The van der Waals surface area contributed by atoms with E-state index in [4.69, 9.17) is 4.42 Å². The molecule has 2 rings (SSSR count). The third kappa shape index (κ3) is 1.75. The van der Waals surface area contributed by atoms with Crippen LogP contribution in [0.1, 0.15) is 13.8 Å². The van der Waals surface area contributed by atoms with Crippen molar-refractivity contribution in [3.8, 4) is 0 Å². The molecule has 0 aliphatic rings. The summed E-state index contributed by atoms with van der Waals surface area (Å²) >= 11 is 0. The van der Waals surface area contributed by atoms with Crippen molar-refractivity contribution in [3.05, 3.63) is 30.5 Å². The largest absolute Gasteiger partial charge is 0.480 e. The number of para-hydroxylation sites is 1. The number of furan rings is 1. The number of aliphatic carboxylic acids is 1. The lowest BCUT2D eigenvalue weighted by atomic mass is 10.0. The smallest absolute Gasteiger partial charge is 0.328 e. The fourth-order valence-corrected chi connectivity index (χ4v) is 1.67. The number of hydrogen-bond donors (Lipinski definition) is 1. The average molecular weight is 233 g/mol. The van der Waals surface area contributed by atoms with Gasteiger partial charge in [-0.05, 0) is 26.0 Å². The highest BCUT2D eigenvalue weighted by atomic mass is 16.4. The second-order valence-corrected chi connectivity index (χ2v) is 4.54. The van der Waals surface area contributed by atoms with Crippen molar-refractivity contribution in [2.24, 2.45) is 0 Å². The first kappa shape index (κ1) is 11.5. The van der Waals surface area contributed by atoms with E-state index in [0.29, 0.717) is 0 Å². The van der Waals surface area contributed by atoms with Crippen LogP contribution >= 0.6 is 0 Å². The molecule has 0 bridgehead atoms. The maximum Gasteiger partial charge on any atom is 0.328 e. The van der Waals surface area contributed by atoms with E-state index >= 15 is 0 Å². The molecule has 0 saturated heterocycles. The summed E-state index contributed by atoms with van der Waals surface area (Å²) in [7, 11) is 1.76. The minimum absolute atomic E-state index is 0.760. The van der Waals surface area contributed by atoms with E-state index in [0.717, 1.165) is 16.7 Å². The second-order valence-electron chi connectivity index (χ2n) is 4.54. The number of likely N-dealkylation sites (N-methyl/N-ethyl adjacent to an activating group) is 1. The van der Waals surface area contributed by atoms with Crippen molar-refractivity contribution < 1.29 is 14.3 Å². The summed E-state index contributed by atoms with van der Waals surface area (Å²) in [6, 6.07) is 7.57. The first-order valence-electron chi connectivity index (χ1n) is 5.38. The first-order chi connectivity index (χ1) is 7.94. The Labute approximate surface area is 99.4 Å². The zero-order valence-electron chi connectivity index (χ0n) is 10.1. The summed E-state index contributed by atoms with van der Waals surface area (Å²) in [6.45, 7) is 3.33. The van der Waals surface area contributed by atoms with Crippen LogP contribution in [-0.4, -0.2) is 23.7 Å². The molecule has 0 aliphatic heterocycles. The third-order valence-corrected chi connectivity index (χ3v) is 3.18. The number of carboxylic acids is 1. The molecule has 1 aromatic heterocycles. The standard InChI is InChI=1S/C13H15NO3/c1-13(2,12(15)16)14(3)10-8-17-11-7-5-4-6-9(10)11/h4-8H,1-3H3,(H,15,16). The fourth-order valence-electron chi connectivity index (χ4n) is 1.67. The van der Waals surface area contributed by atoms with Crippen LogP contribution in [0.25, 0.3) is 11.0 Å². The van der Waals surface area contributed by atoms with Gasteiger partial charge in [-0.15, -0.1) is 0 Å². The van der Waals surface area contributed by atoms with Crippen molar-refractivity contribution >= 4 is 22.6 Å². The molecule has 0 fully saturated rings. The molecule has 0 aliphatic carbocycles. The SMILES string of the molecule is CN(c1coc2ccccc12)C(C)(C)C(=O)O. The number of carbonyl (C=O) groups is 1. The number of hydrogen-bond acceptors (Lipinski definition) is 3. The van der Waals surface area contributed by atoms with Gasteiger partial charge in [-0.2, -0.15) is 0 Å². The summed E-state index contributed by atoms with van der Waals surface area (Å²) in [5, 5.41) is 10.1. The molecule has 0 unspecified atom stereocenters. The first-order valence-corrected chi connectivity index (χ1v) is 5.38. The summed E-state index contributed by atoms with van der Waals surface area (Å²) in [5.41, 5.74) is 0.565. The van der Waals surface area contributed by atoms with E-state index < -0.39 is 11.5 Å². The van der Waals surface area contributed by atoms with Gasteiger partial charge in [0.05, 0.1) is 5.69 Å². The molecule has 0 radical (unpaired) electrons. The highest BCUT2D eigenvalue weighted by molar-refractivity contribution is 5.94. The monoisotopic (exact) mass is 233 g/mol. The second kappa shape index (κ2) is 3.80. The summed E-state index contributed by atoms with van der Waals surface area (Å²) < 4.78 is 5.41. The van der Waals surface area contributed by atoms with Gasteiger partial charge < -0.3 is 14.4 Å². The quantitative estimate of drug-likeness (QED) is 0.885. The van der Waals surface area contributed by atoms with Gasteiger partial charge in [0.15, 0.2) is 0 Å². The Hall–Kier alpha value is -1.97. The number of anilines is 1. The van der Waals surface area contributed by atoms with Crippen LogP contribution in [0.15, 0.2) is 34.9 Å². The van der Waals surface area contributed by atoms with Crippen molar-refractivity contribution in [1.82, 2.24) is 0 Å². The number of benzene rings is 1. The number of nitrogens with zero attached hydrogens (tertiary/aromatic N) is 1. The number of carboxylic acid groups (broad SMARTS) is 1. The van der Waals surface area contributed by atoms with E-state index in [1.54, 1.807) is 32.1 Å². The molecule has 2 aromatic rings. The van der Waals surface area contributed by atoms with E-state index in [9.17, 15) is 9.90 Å². The van der Waals surface area contributed by atoms with E-state index in [1.165, 1.54) is 0 Å². The molecule has 1 aromatic carbocycles. The predicted molar refractivity (Wildman–Crippen MR) is 66.3 cm³/mol. The average Bonchev–Trinajstić information content (AvgIpc) is 2.71. The highest BCUT2D eigenvalue weighted by Gasteiger charge is 2.33. The topological polar surface area (TPSA) is 53.7 Å². The van der Waals surface area contributed by atoms with Crippen LogP contribution in [0, 0.1) is 0 Å². The molecule has 4 nitrogen and oxygen atoms in total. The van der Waals surface area contributed by atoms with Gasteiger partial charge in [-0.25, -0.2) is 4.79 Å². The predicted octanol–water partition coefficient (Wildman–Crippen LogP) is 2.73. The Morgan fingerprint density at radius 1 is 1.35 bits per heavy atom. The molecule has 17 heavy (non-hydrogen) atoms. The molecule has 0 amide bonds. The molecule has 0 spiro atoms. The Bertz CT molecular complexity index is 557. The Morgan fingerprint density at radius 2 is 2.00 bits per heavy atom. The molecule has 90 valence electrons. The van der Waals surface area contributed by atoms with Gasteiger partial charge in [0.2, 0.25) is 0 Å². The van der Waals surface area contributed by atoms with E-state index in [1.807, 2.05) is 24.3 Å². The van der Waals surface area contributed by atoms with Gasteiger partial charge >= 0.3 is 5.97 Å². The molecule has 1 N–H and O–H groups in total. The van der Waals surface area contributed by atoms with Crippen LogP contribution in [0.3, 0.4) is 0 Å². The molecule has 1 heterocycles. The minimum atomic E-state index is -0.980. The van der Waals surface area contributed by atoms with Gasteiger partial charge in [0.1, 0.15) is 17.4 Å².